The normalized spacial score (nSPS) is 20.0. The van der Waals surface area contributed by atoms with E-state index in [0.29, 0.717) is 11.6 Å². The van der Waals surface area contributed by atoms with Gasteiger partial charge in [-0.25, -0.2) is 0 Å². The average molecular weight is 199 g/mol. The van der Waals surface area contributed by atoms with Gasteiger partial charge in [0.15, 0.2) is 0 Å². The van der Waals surface area contributed by atoms with Crippen molar-refractivity contribution in [2.75, 3.05) is 13.2 Å². The molecule has 1 aromatic rings. The predicted molar refractivity (Wildman–Crippen MR) is 51.3 cm³/mol. The Morgan fingerprint density at radius 1 is 1.62 bits per heavy atom. The second kappa shape index (κ2) is 3.56. The van der Waals surface area contributed by atoms with E-state index in [1.165, 1.54) is 0 Å². The zero-order valence-electron chi connectivity index (χ0n) is 7.42. The van der Waals surface area contributed by atoms with Crippen molar-refractivity contribution in [3.05, 3.63) is 28.8 Å². The Kier molecular flexibility index (Phi) is 2.42. The summed E-state index contributed by atoms with van der Waals surface area (Å²) in [5.74, 6) is 0.744. The van der Waals surface area contributed by atoms with Gasteiger partial charge >= 0.3 is 0 Å². The molecule has 70 valence electrons. The molecular weight excluding hydrogens is 188 g/mol. The van der Waals surface area contributed by atoms with Gasteiger partial charge in [-0.05, 0) is 24.6 Å². The van der Waals surface area contributed by atoms with Crippen molar-refractivity contribution in [2.45, 2.75) is 13.0 Å². The molecule has 0 saturated carbocycles. The molecule has 0 aliphatic carbocycles. The van der Waals surface area contributed by atoms with Crippen LogP contribution >= 0.6 is 11.6 Å². The van der Waals surface area contributed by atoms with Gasteiger partial charge in [0.25, 0.3) is 0 Å². The van der Waals surface area contributed by atoms with Crippen molar-refractivity contribution in [1.29, 1.82) is 0 Å². The average Bonchev–Trinajstić information content (AvgIpc) is 2.91. The van der Waals surface area contributed by atoms with Crippen LogP contribution in [0.3, 0.4) is 0 Å². The van der Waals surface area contributed by atoms with Crippen LogP contribution in [-0.4, -0.2) is 13.2 Å². The Bertz CT molecular complexity index is 308. The minimum atomic E-state index is 0.258. The Labute approximate surface area is 82.4 Å². The van der Waals surface area contributed by atoms with E-state index < -0.39 is 0 Å². The third-order valence-electron chi connectivity index (χ3n) is 1.96. The molecule has 1 unspecified atom stereocenters. The Balaban J connectivity index is 2.21. The standard InChI is InChI=1S/C10H11ClO2/c1-2-12-9-4-3-7(5-8(9)11)10-6-13-10/h3-5,10H,2,6H2,1H3. The number of hydrogen-bond acceptors (Lipinski definition) is 2. The van der Waals surface area contributed by atoms with E-state index in [-0.39, 0.29) is 6.10 Å². The number of benzene rings is 1. The summed E-state index contributed by atoms with van der Waals surface area (Å²) in [4.78, 5) is 0. The molecule has 0 bridgehead atoms. The first-order valence-electron chi connectivity index (χ1n) is 4.35. The van der Waals surface area contributed by atoms with Crippen molar-refractivity contribution in [1.82, 2.24) is 0 Å². The molecule has 0 aromatic heterocycles. The molecule has 1 aliphatic heterocycles. The molecule has 1 heterocycles. The predicted octanol–water partition coefficient (Wildman–Crippen LogP) is 2.81. The zero-order valence-corrected chi connectivity index (χ0v) is 8.17. The number of hydrogen-bond donors (Lipinski definition) is 0. The maximum atomic E-state index is 6.00. The zero-order chi connectivity index (χ0) is 9.26. The van der Waals surface area contributed by atoms with E-state index in [1.807, 2.05) is 25.1 Å². The number of rotatable bonds is 3. The van der Waals surface area contributed by atoms with Gasteiger partial charge in [-0.15, -0.1) is 0 Å². The molecule has 1 atom stereocenters. The lowest BCUT2D eigenvalue weighted by Crippen LogP contribution is -1.92. The summed E-state index contributed by atoms with van der Waals surface area (Å²) in [5, 5.41) is 0.662. The molecule has 0 spiro atoms. The van der Waals surface area contributed by atoms with Gasteiger partial charge < -0.3 is 9.47 Å². The first-order chi connectivity index (χ1) is 6.31. The summed E-state index contributed by atoms with van der Waals surface area (Å²) in [6.07, 6.45) is 0.258. The van der Waals surface area contributed by atoms with Crippen LogP contribution in [0.4, 0.5) is 0 Å². The smallest absolute Gasteiger partial charge is 0.137 e. The lowest BCUT2D eigenvalue weighted by Gasteiger charge is -2.05. The molecule has 1 aliphatic rings. The summed E-state index contributed by atoms with van der Waals surface area (Å²) in [5.41, 5.74) is 1.13. The Morgan fingerprint density at radius 2 is 2.38 bits per heavy atom. The second-order valence-electron chi connectivity index (χ2n) is 2.94. The van der Waals surface area contributed by atoms with E-state index in [1.54, 1.807) is 0 Å². The lowest BCUT2D eigenvalue weighted by molar-refractivity contribution is 0.340. The van der Waals surface area contributed by atoms with Gasteiger partial charge in [0.1, 0.15) is 11.9 Å². The molecule has 0 radical (unpaired) electrons. The molecule has 1 aromatic carbocycles. The van der Waals surface area contributed by atoms with E-state index in [2.05, 4.69) is 0 Å². The molecule has 0 N–H and O–H groups in total. The van der Waals surface area contributed by atoms with E-state index in [9.17, 15) is 0 Å². The maximum Gasteiger partial charge on any atom is 0.137 e. The topological polar surface area (TPSA) is 21.8 Å². The van der Waals surface area contributed by atoms with Crippen molar-refractivity contribution < 1.29 is 9.47 Å². The molecule has 2 rings (SSSR count). The van der Waals surface area contributed by atoms with Crippen molar-refractivity contribution in [2.24, 2.45) is 0 Å². The molecule has 1 fully saturated rings. The minimum Gasteiger partial charge on any atom is -0.492 e. The van der Waals surface area contributed by atoms with Gasteiger partial charge in [-0.2, -0.15) is 0 Å². The van der Waals surface area contributed by atoms with Crippen LogP contribution in [0.25, 0.3) is 0 Å². The molecular formula is C10H11ClO2. The third kappa shape index (κ3) is 1.95. The van der Waals surface area contributed by atoms with Crippen LogP contribution in [0.5, 0.6) is 5.75 Å². The van der Waals surface area contributed by atoms with E-state index in [4.69, 9.17) is 21.1 Å². The minimum absolute atomic E-state index is 0.258. The Hall–Kier alpha value is -0.730. The second-order valence-corrected chi connectivity index (χ2v) is 3.35. The summed E-state index contributed by atoms with van der Waals surface area (Å²) in [7, 11) is 0. The fraction of sp³-hybridized carbons (Fsp3) is 0.400. The third-order valence-corrected chi connectivity index (χ3v) is 2.26. The highest BCUT2D eigenvalue weighted by Crippen LogP contribution is 2.34. The van der Waals surface area contributed by atoms with Gasteiger partial charge in [0.2, 0.25) is 0 Å². The van der Waals surface area contributed by atoms with Crippen LogP contribution < -0.4 is 4.74 Å². The molecule has 1 saturated heterocycles. The number of halogens is 1. The highest BCUT2D eigenvalue weighted by Gasteiger charge is 2.25. The van der Waals surface area contributed by atoms with Crippen LogP contribution in [0.1, 0.15) is 18.6 Å². The van der Waals surface area contributed by atoms with Crippen LogP contribution in [0.2, 0.25) is 5.02 Å². The first kappa shape index (κ1) is 8.85. The van der Waals surface area contributed by atoms with Gasteiger partial charge in [0, 0.05) is 0 Å². The van der Waals surface area contributed by atoms with Gasteiger partial charge in [-0.3, -0.25) is 0 Å². The molecule has 3 heteroatoms. The molecule has 0 amide bonds. The van der Waals surface area contributed by atoms with E-state index >= 15 is 0 Å². The van der Waals surface area contributed by atoms with Crippen LogP contribution in [-0.2, 0) is 4.74 Å². The number of epoxide rings is 1. The number of ether oxygens (including phenoxy) is 2. The van der Waals surface area contributed by atoms with E-state index in [0.717, 1.165) is 17.9 Å². The van der Waals surface area contributed by atoms with Crippen LogP contribution in [0.15, 0.2) is 18.2 Å². The van der Waals surface area contributed by atoms with Crippen LogP contribution in [0, 0.1) is 0 Å². The van der Waals surface area contributed by atoms with Crippen molar-refractivity contribution in [3.63, 3.8) is 0 Å². The summed E-state index contributed by atoms with van der Waals surface area (Å²) in [6, 6.07) is 5.79. The quantitative estimate of drug-likeness (QED) is 0.697. The fourth-order valence-electron chi connectivity index (χ4n) is 1.23. The van der Waals surface area contributed by atoms with Crippen molar-refractivity contribution in [3.8, 4) is 5.75 Å². The molecule has 13 heavy (non-hydrogen) atoms. The van der Waals surface area contributed by atoms with Crippen molar-refractivity contribution >= 4 is 11.6 Å². The summed E-state index contributed by atoms with van der Waals surface area (Å²) >= 11 is 6.00. The highest BCUT2D eigenvalue weighted by atomic mass is 35.5. The maximum absolute atomic E-state index is 6.00. The Morgan fingerprint density at radius 3 is 2.92 bits per heavy atom. The first-order valence-corrected chi connectivity index (χ1v) is 4.73. The molecule has 2 nitrogen and oxygen atoms in total. The lowest BCUT2D eigenvalue weighted by atomic mass is 10.1. The summed E-state index contributed by atoms with van der Waals surface area (Å²) in [6.45, 7) is 3.39. The monoisotopic (exact) mass is 198 g/mol. The highest BCUT2D eigenvalue weighted by molar-refractivity contribution is 6.32. The SMILES string of the molecule is CCOc1ccc(C2CO2)cc1Cl. The fourth-order valence-corrected chi connectivity index (χ4v) is 1.47. The van der Waals surface area contributed by atoms with Gasteiger partial charge in [0.05, 0.1) is 18.2 Å². The summed E-state index contributed by atoms with van der Waals surface area (Å²) < 4.78 is 10.5. The largest absolute Gasteiger partial charge is 0.492 e. The van der Waals surface area contributed by atoms with Gasteiger partial charge in [-0.1, -0.05) is 17.7 Å².